The predicted octanol–water partition coefficient (Wildman–Crippen LogP) is 1.64. The van der Waals surface area contributed by atoms with Crippen molar-refractivity contribution >= 4 is 0 Å². The zero-order valence-corrected chi connectivity index (χ0v) is 9.33. The molecule has 3 heteroatoms. The minimum absolute atomic E-state index is 0.0629. The van der Waals surface area contributed by atoms with E-state index >= 15 is 0 Å². The smallest absolute Gasteiger partial charge is 0.115 e. The molecule has 0 aliphatic rings. The lowest BCUT2D eigenvalue weighted by atomic mass is 10.0. The monoisotopic (exact) mass is 209 g/mol. The van der Waals surface area contributed by atoms with Crippen molar-refractivity contribution in [2.24, 2.45) is 0 Å². The molecule has 0 amide bonds. The predicted molar refractivity (Wildman–Crippen MR) is 60.7 cm³/mol. The van der Waals surface area contributed by atoms with Crippen LogP contribution in [-0.2, 0) is 6.54 Å². The number of nitrogens with one attached hydrogen (secondary N) is 1. The Morgan fingerprint density at radius 3 is 2.33 bits per heavy atom. The maximum Gasteiger partial charge on any atom is 0.115 e. The van der Waals surface area contributed by atoms with E-state index in [9.17, 15) is 0 Å². The van der Waals surface area contributed by atoms with Gasteiger partial charge >= 0.3 is 0 Å². The third kappa shape index (κ3) is 4.32. The van der Waals surface area contributed by atoms with Crippen molar-refractivity contribution in [2.45, 2.75) is 32.4 Å². The zero-order chi connectivity index (χ0) is 11.3. The molecule has 15 heavy (non-hydrogen) atoms. The molecule has 0 saturated heterocycles. The van der Waals surface area contributed by atoms with Crippen LogP contribution in [0.15, 0.2) is 24.3 Å². The molecule has 0 radical (unpaired) electrons. The van der Waals surface area contributed by atoms with Crippen LogP contribution in [-0.4, -0.2) is 22.4 Å². The van der Waals surface area contributed by atoms with Crippen LogP contribution < -0.4 is 5.32 Å². The Kier molecular flexibility index (Phi) is 4.12. The molecular weight excluding hydrogens is 190 g/mol. The molecule has 84 valence electrons. The number of aromatic hydroxyl groups is 1. The van der Waals surface area contributed by atoms with Crippen molar-refractivity contribution in [1.29, 1.82) is 0 Å². The molecule has 0 unspecified atom stereocenters. The molecule has 0 aliphatic carbocycles. The second-order valence-electron chi connectivity index (χ2n) is 4.38. The summed E-state index contributed by atoms with van der Waals surface area (Å²) < 4.78 is 0. The Bertz CT molecular complexity index is 293. The minimum Gasteiger partial charge on any atom is -0.508 e. The highest BCUT2D eigenvalue weighted by Crippen LogP contribution is 2.12. The first kappa shape index (κ1) is 12.0. The van der Waals surface area contributed by atoms with E-state index in [2.05, 4.69) is 19.2 Å². The summed E-state index contributed by atoms with van der Waals surface area (Å²) in [6, 6.07) is 7.13. The molecule has 0 bridgehead atoms. The quantitative estimate of drug-likeness (QED) is 0.691. The van der Waals surface area contributed by atoms with Gasteiger partial charge in [-0.25, -0.2) is 0 Å². The number of phenolic OH excluding ortho intramolecular Hbond substituents is 1. The van der Waals surface area contributed by atoms with Crippen molar-refractivity contribution < 1.29 is 10.2 Å². The Balaban J connectivity index is 2.46. The van der Waals surface area contributed by atoms with Gasteiger partial charge in [-0.1, -0.05) is 12.1 Å². The number of aliphatic hydroxyl groups excluding tert-OH is 1. The summed E-state index contributed by atoms with van der Waals surface area (Å²) in [6.07, 6.45) is 0.727. The molecule has 3 N–H and O–H groups in total. The van der Waals surface area contributed by atoms with E-state index in [0.29, 0.717) is 0 Å². The van der Waals surface area contributed by atoms with Crippen molar-refractivity contribution in [3.8, 4) is 5.75 Å². The Morgan fingerprint density at radius 1 is 1.20 bits per heavy atom. The van der Waals surface area contributed by atoms with Gasteiger partial charge in [0.05, 0.1) is 0 Å². The summed E-state index contributed by atoms with van der Waals surface area (Å²) in [5, 5.41) is 21.3. The van der Waals surface area contributed by atoms with Crippen LogP contribution >= 0.6 is 0 Å². The number of phenols is 1. The van der Waals surface area contributed by atoms with Crippen molar-refractivity contribution in [2.75, 3.05) is 6.61 Å². The van der Waals surface area contributed by atoms with Gasteiger partial charge in [-0.3, -0.25) is 0 Å². The third-order valence-electron chi connectivity index (χ3n) is 2.44. The number of hydrogen-bond donors (Lipinski definition) is 3. The second-order valence-corrected chi connectivity index (χ2v) is 4.38. The average Bonchev–Trinajstić information content (AvgIpc) is 2.17. The van der Waals surface area contributed by atoms with Gasteiger partial charge in [0.1, 0.15) is 5.75 Å². The topological polar surface area (TPSA) is 52.5 Å². The molecule has 3 nitrogen and oxygen atoms in total. The van der Waals surface area contributed by atoms with Gasteiger partial charge in [-0.2, -0.15) is 0 Å². The van der Waals surface area contributed by atoms with E-state index in [1.807, 2.05) is 12.1 Å². The van der Waals surface area contributed by atoms with Crippen LogP contribution in [0.2, 0.25) is 0 Å². The Hall–Kier alpha value is -1.06. The van der Waals surface area contributed by atoms with Crippen LogP contribution in [0.4, 0.5) is 0 Å². The molecule has 1 aromatic carbocycles. The summed E-state index contributed by atoms with van der Waals surface area (Å²) in [4.78, 5) is 0. The van der Waals surface area contributed by atoms with Crippen molar-refractivity contribution in [3.05, 3.63) is 29.8 Å². The fraction of sp³-hybridized carbons (Fsp3) is 0.500. The van der Waals surface area contributed by atoms with Gasteiger partial charge in [0.15, 0.2) is 0 Å². The number of aliphatic hydroxyl groups is 1. The van der Waals surface area contributed by atoms with Crippen LogP contribution in [0.3, 0.4) is 0 Å². The summed E-state index contributed by atoms with van der Waals surface area (Å²) in [7, 11) is 0. The fourth-order valence-corrected chi connectivity index (χ4v) is 1.32. The zero-order valence-electron chi connectivity index (χ0n) is 9.33. The lowest BCUT2D eigenvalue weighted by Gasteiger charge is -2.25. The minimum atomic E-state index is -0.0629. The molecule has 0 heterocycles. The average molecular weight is 209 g/mol. The maximum absolute atomic E-state index is 9.12. The molecule has 0 atom stereocenters. The highest BCUT2D eigenvalue weighted by atomic mass is 16.3. The van der Waals surface area contributed by atoms with Crippen molar-refractivity contribution in [3.63, 3.8) is 0 Å². The number of hydrogen-bond acceptors (Lipinski definition) is 3. The first-order chi connectivity index (χ1) is 7.03. The maximum atomic E-state index is 9.12. The molecule has 0 aliphatic heterocycles. The third-order valence-corrected chi connectivity index (χ3v) is 2.44. The standard InChI is InChI=1S/C12H19NO2/c1-12(2,7-8-14)13-9-10-3-5-11(15)6-4-10/h3-6,13-15H,7-9H2,1-2H3. The van der Waals surface area contributed by atoms with Crippen LogP contribution in [0.25, 0.3) is 0 Å². The normalized spacial score (nSPS) is 11.7. The summed E-state index contributed by atoms with van der Waals surface area (Å²) in [5.74, 6) is 0.286. The highest BCUT2D eigenvalue weighted by Gasteiger charge is 2.15. The van der Waals surface area contributed by atoms with Crippen LogP contribution in [0, 0.1) is 0 Å². The fourth-order valence-electron chi connectivity index (χ4n) is 1.32. The van der Waals surface area contributed by atoms with E-state index in [-0.39, 0.29) is 17.9 Å². The summed E-state index contributed by atoms with van der Waals surface area (Å²) in [5.41, 5.74) is 1.06. The van der Waals surface area contributed by atoms with E-state index in [1.165, 1.54) is 0 Å². The Morgan fingerprint density at radius 2 is 1.80 bits per heavy atom. The van der Waals surface area contributed by atoms with Gasteiger partial charge in [-0.15, -0.1) is 0 Å². The summed E-state index contributed by atoms with van der Waals surface area (Å²) >= 11 is 0. The molecule has 1 rings (SSSR count). The second kappa shape index (κ2) is 5.14. The molecule has 0 saturated carbocycles. The van der Waals surface area contributed by atoms with Gasteiger partial charge in [0.25, 0.3) is 0 Å². The van der Waals surface area contributed by atoms with Gasteiger partial charge in [-0.05, 0) is 38.0 Å². The van der Waals surface area contributed by atoms with Gasteiger partial charge in [0, 0.05) is 18.7 Å². The number of rotatable bonds is 5. The Labute approximate surface area is 90.8 Å². The first-order valence-corrected chi connectivity index (χ1v) is 5.17. The van der Waals surface area contributed by atoms with Crippen LogP contribution in [0.1, 0.15) is 25.8 Å². The van der Waals surface area contributed by atoms with E-state index in [0.717, 1.165) is 18.5 Å². The molecular formula is C12H19NO2. The largest absolute Gasteiger partial charge is 0.508 e. The van der Waals surface area contributed by atoms with Crippen LogP contribution in [0.5, 0.6) is 5.75 Å². The molecule has 0 aromatic heterocycles. The van der Waals surface area contributed by atoms with Crippen molar-refractivity contribution in [1.82, 2.24) is 5.32 Å². The molecule has 1 aromatic rings. The SMILES string of the molecule is CC(C)(CCO)NCc1ccc(O)cc1. The summed E-state index contributed by atoms with van der Waals surface area (Å²) in [6.45, 7) is 5.05. The van der Waals surface area contributed by atoms with Gasteiger partial charge < -0.3 is 15.5 Å². The highest BCUT2D eigenvalue weighted by molar-refractivity contribution is 5.25. The molecule has 0 fully saturated rings. The first-order valence-electron chi connectivity index (χ1n) is 5.17. The number of benzene rings is 1. The van der Waals surface area contributed by atoms with E-state index in [1.54, 1.807) is 12.1 Å². The molecule has 0 spiro atoms. The van der Waals surface area contributed by atoms with E-state index < -0.39 is 0 Å². The van der Waals surface area contributed by atoms with E-state index in [4.69, 9.17) is 10.2 Å². The van der Waals surface area contributed by atoms with Gasteiger partial charge in [0.2, 0.25) is 0 Å². The lowest BCUT2D eigenvalue weighted by molar-refractivity contribution is 0.230. The lowest BCUT2D eigenvalue weighted by Crippen LogP contribution is -2.39.